The Labute approximate surface area is 143 Å². The van der Waals surface area contributed by atoms with Crippen molar-refractivity contribution in [3.63, 3.8) is 0 Å². The second-order valence-electron chi connectivity index (χ2n) is 2.93. The molecule has 0 bridgehead atoms. The summed E-state index contributed by atoms with van der Waals surface area (Å²) in [5, 5.41) is 0. The first-order valence-corrected chi connectivity index (χ1v) is 4.98. The van der Waals surface area contributed by atoms with Crippen molar-refractivity contribution in [1.82, 2.24) is 15.0 Å². The standard InChI is InChI=1S/C10H10N3.4CO.Re/c1-7-8(2)13-10(12-7)9-5-3-4-6-11-9;4*1-2;/h3-6H,1-2H3;;;;;/q5*-1;. The first-order chi connectivity index (χ1) is 10.3. The van der Waals surface area contributed by atoms with Crippen LogP contribution in [0.3, 0.4) is 0 Å². The van der Waals surface area contributed by atoms with Crippen molar-refractivity contribution in [2.45, 2.75) is 13.8 Å². The van der Waals surface area contributed by atoms with Gasteiger partial charge in [0.15, 0.2) is 0 Å². The second-order valence-corrected chi connectivity index (χ2v) is 2.93. The minimum atomic E-state index is 0. The summed E-state index contributed by atoms with van der Waals surface area (Å²) >= 11 is 0. The normalized spacial score (nSPS) is 6.82. The van der Waals surface area contributed by atoms with Gasteiger partial charge in [-0.05, 0) is 31.8 Å². The zero-order valence-corrected chi connectivity index (χ0v) is 14.4. The molecule has 2 aromatic rings. The third kappa shape index (κ3) is 10.5. The van der Waals surface area contributed by atoms with E-state index in [4.69, 9.17) is 19.2 Å². The van der Waals surface area contributed by atoms with Crippen LogP contribution in [0.4, 0.5) is 0 Å². The summed E-state index contributed by atoms with van der Waals surface area (Å²) in [7, 11) is 0. The molecule has 7 nitrogen and oxygen atoms in total. The van der Waals surface area contributed by atoms with E-state index in [9.17, 15) is 0 Å². The molecule has 0 aliphatic rings. The van der Waals surface area contributed by atoms with E-state index in [1.807, 2.05) is 32.0 Å². The van der Waals surface area contributed by atoms with Gasteiger partial charge in [-0.1, -0.05) is 17.5 Å². The molecule has 2 aromatic heterocycles. The number of carbonyl (C=O) groups excluding carboxylic acids is 4. The van der Waals surface area contributed by atoms with Gasteiger partial charge in [-0.25, -0.2) is 0 Å². The Bertz CT molecular complexity index is 453. The number of imidazole rings is 1. The molecule has 8 heteroatoms. The molecule has 0 unspecified atom stereocenters. The van der Waals surface area contributed by atoms with Crippen molar-refractivity contribution in [2.75, 3.05) is 0 Å². The molecule has 0 amide bonds. The van der Waals surface area contributed by atoms with E-state index in [2.05, 4.69) is 42.1 Å². The molecule has 2 heterocycles. The van der Waals surface area contributed by atoms with Gasteiger partial charge in [0, 0.05) is 26.6 Å². The van der Waals surface area contributed by atoms with Crippen LogP contribution in [0.1, 0.15) is 11.4 Å². The molecule has 117 valence electrons. The summed E-state index contributed by atoms with van der Waals surface area (Å²) in [6.45, 7) is 21.9. The SMILES string of the molecule is Cc1nc(-c2ccccn2)[n-]c1C.[C-]=O.[C-]=O.[C-]=O.[C-]=O.[Re]. The van der Waals surface area contributed by atoms with Gasteiger partial charge in [0.2, 0.25) is 0 Å². The van der Waals surface area contributed by atoms with E-state index < -0.39 is 0 Å². The van der Waals surface area contributed by atoms with Gasteiger partial charge < -0.3 is 56.3 Å². The molecular weight excluding hydrogens is 460 g/mol. The largest absolute Gasteiger partial charge is 0.573 e. The van der Waals surface area contributed by atoms with Crippen LogP contribution in [0.2, 0.25) is 0 Å². The van der Waals surface area contributed by atoms with Crippen LogP contribution >= 0.6 is 0 Å². The Balaban J connectivity index is -0.000000158. The van der Waals surface area contributed by atoms with Crippen LogP contribution in [-0.2, 0) is 39.6 Å². The smallest absolute Gasteiger partial charge is 0.0620 e. The maximum Gasteiger partial charge on any atom is 0.0620 e. The first kappa shape index (κ1) is 27.9. The van der Waals surface area contributed by atoms with E-state index in [0.717, 1.165) is 22.9 Å². The first-order valence-electron chi connectivity index (χ1n) is 4.98. The number of rotatable bonds is 1. The van der Waals surface area contributed by atoms with E-state index in [-0.39, 0.29) is 20.4 Å². The molecule has 5 radical (unpaired) electrons. The van der Waals surface area contributed by atoms with E-state index in [1.54, 1.807) is 6.20 Å². The van der Waals surface area contributed by atoms with Crippen LogP contribution in [0, 0.1) is 13.8 Å². The molecule has 0 spiro atoms. The summed E-state index contributed by atoms with van der Waals surface area (Å²) < 4.78 is 0. The number of aryl methyl sites for hydroxylation is 2. The number of pyridine rings is 1. The number of aromatic nitrogens is 3. The Hall–Kier alpha value is -2.30. The van der Waals surface area contributed by atoms with E-state index in [1.165, 1.54) is 0 Å². The fraction of sp³-hybridized carbons (Fsp3) is 0.143. The summed E-state index contributed by atoms with van der Waals surface area (Å²) in [4.78, 5) is 42.8. The van der Waals surface area contributed by atoms with Crippen molar-refractivity contribution in [3.8, 4) is 11.5 Å². The van der Waals surface area contributed by atoms with Gasteiger partial charge in [-0.15, -0.1) is 0 Å². The fourth-order valence-corrected chi connectivity index (χ4v) is 1.11. The monoisotopic (exact) mass is 471 g/mol. The van der Waals surface area contributed by atoms with Gasteiger partial charge in [0.05, 0.1) is 5.69 Å². The minimum Gasteiger partial charge on any atom is -0.573 e. The summed E-state index contributed by atoms with van der Waals surface area (Å²) in [5.74, 6) is 0.718. The molecule has 2 rings (SSSR count). The van der Waals surface area contributed by atoms with Crippen LogP contribution < -0.4 is 4.98 Å². The van der Waals surface area contributed by atoms with Gasteiger partial charge >= 0.3 is 0 Å². The molecule has 0 saturated heterocycles. The predicted molar refractivity (Wildman–Crippen MR) is 73.0 cm³/mol. The third-order valence-electron chi connectivity index (χ3n) is 1.96. The van der Waals surface area contributed by atoms with E-state index in [0.29, 0.717) is 0 Å². The van der Waals surface area contributed by atoms with Crippen molar-refractivity contribution in [2.24, 2.45) is 0 Å². The molecule has 0 atom stereocenters. The fourth-order valence-electron chi connectivity index (χ4n) is 1.11. The Morgan fingerprint density at radius 3 is 1.73 bits per heavy atom. The van der Waals surface area contributed by atoms with Crippen LogP contribution in [0.5, 0.6) is 0 Å². The van der Waals surface area contributed by atoms with Crippen LogP contribution in [-0.4, -0.2) is 37.1 Å². The molecular formula is C14H10N3O4Re-5. The van der Waals surface area contributed by atoms with Gasteiger partial charge in [0.1, 0.15) is 0 Å². The van der Waals surface area contributed by atoms with Crippen molar-refractivity contribution in [3.05, 3.63) is 35.8 Å². The molecule has 0 aliphatic carbocycles. The van der Waals surface area contributed by atoms with Gasteiger partial charge in [-0.3, -0.25) is 4.98 Å². The number of nitrogens with zero attached hydrogens (tertiary/aromatic N) is 3. The Morgan fingerprint density at radius 2 is 1.41 bits per heavy atom. The number of hydrogen-bond acceptors (Lipinski definition) is 6. The molecule has 0 aliphatic heterocycles. The zero-order chi connectivity index (χ0) is 17.3. The molecule has 0 saturated carbocycles. The summed E-state index contributed by atoms with van der Waals surface area (Å²) in [6, 6.07) is 5.73. The average Bonchev–Trinajstić information content (AvgIpc) is 2.95. The van der Waals surface area contributed by atoms with Gasteiger partial charge in [0.25, 0.3) is 0 Å². The second kappa shape index (κ2) is 21.0. The Morgan fingerprint density at radius 1 is 0.909 bits per heavy atom. The summed E-state index contributed by atoms with van der Waals surface area (Å²) in [6.07, 6.45) is 1.75. The number of hydrogen-bond donors (Lipinski definition) is 0. The van der Waals surface area contributed by atoms with Crippen molar-refractivity contribution in [1.29, 1.82) is 0 Å². The van der Waals surface area contributed by atoms with Crippen LogP contribution in [0.15, 0.2) is 24.4 Å². The zero-order valence-electron chi connectivity index (χ0n) is 11.7. The van der Waals surface area contributed by atoms with Crippen molar-refractivity contribution < 1.29 is 39.6 Å². The quantitative estimate of drug-likeness (QED) is 0.545. The molecule has 22 heavy (non-hydrogen) atoms. The third-order valence-corrected chi connectivity index (χ3v) is 1.96. The predicted octanol–water partition coefficient (Wildman–Crippen LogP) is 0.127. The Kier molecular flexibility index (Phi) is 26.7. The minimum absolute atomic E-state index is 0. The van der Waals surface area contributed by atoms with Crippen LogP contribution in [0.25, 0.3) is 11.5 Å². The van der Waals surface area contributed by atoms with Crippen molar-refractivity contribution >= 4 is 27.2 Å². The average molecular weight is 470 g/mol. The maximum atomic E-state index is 7.50. The van der Waals surface area contributed by atoms with Gasteiger partial charge in [-0.2, -0.15) is 0 Å². The topological polar surface area (TPSA) is 108 Å². The maximum absolute atomic E-state index is 7.50. The molecule has 0 fully saturated rings. The molecule has 0 N–H and O–H groups in total. The van der Waals surface area contributed by atoms with E-state index >= 15 is 0 Å². The summed E-state index contributed by atoms with van der Waals surface area (Å²) in [5.41, 5.74) is 2.78. The molecule has 0 aromatic carbocycles.